The average molecular weight is 242 g/mol. The third-order valence-electron chi connectivity index (χ3n) is 2.57. The van der Waals surface area contributed by atoms with Crippen LogP contribution in [0.15, 0.2) is 12.3 Å². The van der Waals surface area contributed by atoms with Gasteiger partial charge in [-0.25, -0.2) is 4.98 Å². The van der Waals surface area contributed by atoms with Crippen LogP contribution in [-0.4, -0.2) is 40.1 Å². The Kier molecular flexibility index (Phi) is 2.98. The molecule has 2 rings (SSSR count). The molecule has 1 amide bonds. The van der Waals surface area contributed by atoms with Gasteiger partial charge in [0.1, 0.15) is 5.82 Å². The molecule has 0 radical (unpaired) electrons. The summed E-state index contributed by atoms with van der Waals surface area (Å²) in [7, 11) is 0. The molecule has 6 heteroatoms. The molecule has 86 valence electrons. The number of rotatable bonds is 1. The van der Waals surface area contributed by atoms with Crippen molar-refractivity contribution in [3.8, 4) is 0 Å². The van der Waals surface area contributed by atoms with Crippen molar-refractivity contribution in [1.29, 1.82) is 0 Å². The smallest absolute Gasteiger partial charge is 0.257 e. The predicted molar refractivity (Wildman–Crippen MR) is 60.2 cm³/mol. The van der Waals surface area contributed by atoms with Gasteiger partial charge in [-0.1, -0.05) is 11.6 Å². The van der Waals surface area contributed by atoms with Gasteiger partial charge in [-0.3, -0.25) is 4.79 Å². The van der Waals surface area contributed by atoms with Crippen molar-refractivity contribution in [2.75, 3.05) is 18.8 Å². The first-order valence-corrected chi connectivity index (χ1v) is 5.34. The van der Waals surface area contributed by atoms with E-state index in [1.807, 2.05) is 0 Å². The summed E-state index contributed by atoms with van der Waals surface area (Å²) < 4.78 is 0. The molecule has 16 heavy (non-hydrogen) atoms. The molecule has 0 unspecified atom stereocenters. The molecule has 0 spiro atoms. The summed E-state index contributed by atoms with van der Waals surface area (Å²) in [5, 5.41) is 9.72. The lowest BCUT2D eigenvalue weighted by molar-refractivity contribution is 0.0765. The molecule has 1 atom stereocenters. The Morgan fingerprint density at radius 1 is 1.69 bits per heavy atom. The number of hydrogen-bond donors (Lipinski definition) is 2. The van der Waals surface area contributed by atoms with Crippen LogP contribution in [0.5, 0.6) is 0 Å². The maximum Gasteiger partial charge on any atom is 0.257 e. The molecule has 0 aliphatic carbocycles. The van der Waals surface area contributed by atoms with Crippen LogP contribution in [0.3, 0.4) is 0 Å². The first-order valence-electron chi connectivity index (χ1n) is 4.96. The number of nitrogen functional groups attached to an aromatic ring is 1. The fraction of sp³-hybridized carbons (Fsp3) is 0.400. The van der Waals surface area contributed by atoms with E-state index in [2.05, 4.69) is 4.98 Å². The minimum absolute atomic E-state index is 0.163. The average Bonchev–Trinajstić information content (AvgIpc) is 2.67. The van der Waals surface area contributed by atoms with Crippen molar-refractivity contribution >= 4 is 23.3 Å². The van der Waals surface area contributed by atoms with E-state index in [4.69, 9.17) is 17.3 Å². The Balaban J connectivity index is 2.23. The minimum Gasteiger partial charge on any atom is -0.391 e. The summed E-state index contributed by atoms with van der Waals surface area (Å²) >= 11 is 5.76. The number of likely N-dealkylation sites (tertiary alicyclic amines) is 1. The van der Waals surface area contributed by atoms with Gasteiger partial charge in [0.2, 0.25) is 0 Å². The summed E-state index contributed by atoms with van der Waals surface area (Å²) in [6.07, 6.45) is 1.55. The van der Waals surface area contributed by atoms with E-state index in [9.17, 15) is 9.90 Å². The third-order valence-corrected chi connectivity index (χ3v) is 2.77. The molecule has 1 aromatic heterocycles. The van der Waals surface area contributed by atoms with E-state index in [1.54, 1.807) is 4.90 Å². The van der Waals surface area contributed by atoms with Crippen molar-refractivity contribution < 1.29 is 9.90 Å². The highest BCUT2D eigenvalue weighted by molar-refractivity contribution is 6.31. The summed E-state index contributed by atoms with van der Waals surface area (Å²) in [5.41, 5.74) is 5.91. The van der Waals surface area contributed by atoms with Crippen LogP contribution in [0.4, 0.5) is 5.82 Å². The SMILES string of the molecule is Nc1ncc(Cl)cc1C(=O)N1CC[C@@H](O)C1. The molecular formula is C10H12ClN3O2. The summed E-state index contributed by atoms with van der Waals surface area (Å²) in [6, 6.07) is 1.50. The number of β-amino-alcohol motifs (C(OH)–C–C–N with tert-alkyl or cyclic N) is 1. The van der Waals surface area contributed by atoms with Crippen LogP contribution in [0.1, 0.15) is 16.8 Å². The molecule has 1 fully saturated rings. The van der Waals surface area contributed by atoms with Gasteiger partial charge >= 0.3 is 0 Å². The summed E-state index contributed by atoms with van der Waals surface area (Å²) in [6.45, 7) is 0.872. The molecule has 0 aromatic carbocycles. The maximum absolute atomic E-state index is 12.0. The van der Waals surface area contributed by atoms with Crippen molar-refractivity contribution in [2.24, 2.45) is 0 Å². The lowest BCUT2D eigenvalue weighted by Gasteiger charge is -2.16. The zero-order valence-electron chi connectivity index (χ0n) is 8.56. The second kappa shape index (κ2) is 4.27. The van der Waals surface area contributed by atoms with Crippen LogP contribution < -0.4 is 5.73 Å². The second-order valence-corrected chi connectivity index (χ2v) is 4.22. The zero-order valence-corrected chi connectivity index (χ0v) is 9.31. The highest BCUT2D eigenvalue weighted by atomic mass is 35.5. The van der Waals surface area contributed by atoms with E-state index in [0.29, 0.717) is 30.1 Å². The number of halogens is 1. The third kappa shape index (κ3) is 2.10. The highest BCUT2D eigenvalue weighted by Crippen LogP contribution is 2.19. The van der Waals surface area contributed by atoms with Gasteiger partial charge in [0, 0.05) is 19.3 Å². The van der Waals surface area contributed by atoms with Gasteiger partial charge < -0.3 is 15.7 Å². The lowest BCUT2D eigenvalue weighted by Crippen LogP contribution is -2.30. The molecule has 3 N–H and O–H groups in total. The number of aliphatic hydroxyl groups is 1. The monoisotopic (exact) mass is 241 g/mol. The van der Waals surface area contributed by atoms with Crippen LogP contribution in [0.2, 0.25) is 5.02 Å². The first-order chi connectivity index (χ1) is 7.58. The highest BCUT2D eigenvalue weighted by Gasteiger charge is 2.26. The number of aliphatic hydroxyl groups excluding tert-OH is 1. The van der Waals surface area contributed by atoms with Gasteiger partial charge in [0.25, 0.3) is 5.91 Å². The first kappa shape index (κ1) is 11.2. The van der Waals surface area contributed by atoms with E-state index in [1.165, 1.54) is 12.3 Å². The molecule has 0 saturated carbocycles. The molecular weight excluding hydrogens is 230 g/mol. The molecule has 1 aliphatic heterocycles. The number of amides is 1. The van der Waals surface area contributed by atoms with Crippen molar-refractivity contribution in [2.45, 2.75) is 12.5 Å². The Morgan fingerprint density at radius 2 is 2.44 bits per heavy atom. The van der Waals surface area contributed by atoms with Crippen molar-refractivity contribution in [3.63, 3.8) is 0 Å². The summed E-state index contributed by atoms with van der Waals surface area (Å²) in [4.78, 5) is 17.4. The van der Waals surface area contributed by atoms with E-state index in [0.717, 1.165) is 0 Å². The predicted octanol–water partition coefficient (Wildman–Crippen LogP) is 0.524. The van der Waals surface area contributed by atoms with Gasteiger partial charge in [0.15, 0.2) is 0 Å². The van der Waals surface area contributed by atoms with Gasteiger partial charge in [-0.15, -0.1) is 0 Å². The number of anilines is 1. The maximum atomic E-state index is 12.0. The number of nitrogens with zero attached hydrogens (tertiary/aromatic N) is 2. The van der Waals surface area contributed by atoms with E-state index < -0.39 is 6.10 Å². The van der Waals surface area contributed by atoms with Crippen LogP contribution in [-0.2, 0) is 0 Å². The van der Waals surface area contributed by atoms with Crippen LogP contribution in [0.25, 0.3) is 0 Å². The zero-order chi connectivity index (χ0) is 11.7. The lowest BCUT2D eigenvalue weighted by atomic mass is 10.2. The van der Waals surface area contributed by atoms with Crippen molar-refractivity contribution in [1.82, 2.24) is 9.88 Å². The number of pyridine rings is 1. The second-order valence-electron chi connectivity index (χ2n) is 3.78. The van der Waals surface area contributed by atoms with E-state index >= 15 is 0 Å². The molecule has 1 saturated heterocycles. The van der Waals surface area contributed by atoms with Crippen LogP contribution in [0, 0.1) is 0 Å². The Bertz CT molecular complexity index is 425. The topological polar surface area (TPSA) is 79.5 Å². The number of aromatic nitrogens is 1. The Hall–Kier alpha value is -1.33. The number of carbonyl (C=O) groups excluding carboxylic acids is 1. The molecule has 0 bridgehead atoms. The fourth-order valence-corrected chi connectivity index (χ4v) is 1.88. The number of carbonyl (C=O) groups is 1. The Morgan fingerprint density at radius 3 is 3.06 bits per heavy atom. The fourth-order valence-electron chi connectivity index (χ4n) is 1.72. The van der Waals surface area contributed by atoms with Gasteiger partial charge in [-0.2, -0.15) is 0 Å². The number of hydrogen-bond acceptors (Lipinski definition) is 4. The molecule has 5 nitrogen and oxygen atoms in total. The standard InChI is InChI=1S/C10H12ClN3O2/c11-6-3-8(9(12)13-4-6)10(16)14-2-1-7(15)5-14/h3-4,7,15H,1-2,5H2,(H2,12,13)/t7-/m1/s1. The van der Waals surface area contributed by atoms with E-state index in [-0.39, 0.29) is 11.7 Å². The van der Waals surface area contributed by atoms with Gasteiger partial charge in [0.05, 0.1) is 16.7 Å². The minimum atomic E-state index is -0.447. The molecule has 2 heterocycles. The number of nitrogens with two attached hydrogens (primary N) is 1. The largest absolute Gasteiger partial charge is 0.391 e. The molecule has 1 aromatic rings. The van der Waals surface area contributed by atoms with Gasteiger partial charge in [-0.05, 0) is 12.5 Å². The summed E-state index contributed by atoms with van der Waals surface area (Å²) in [5.74, 6) is -0.0696. The van der Waals surface area contributed by atoms with Crippen molar-refractivity contribution in [3.05, 3.63) is 22.8 Å². The normalized spacial score (nSPS) is 20.1. The van der Waals surface area contributed by atoms with Crippen LogP contribution >= 0.6 is 11.6 Å². The Labute approximate surface area is 97.8 Å². The molecule has 1 aliphatic rings. The quantitative estimate of drug-likeness (QED) is 0.752.